The van der Waals surface area contributed by atoms with Crippen molar-refractivity contribution in [1.29, 1.82) is 0 Å². The van der Waals surface area contributed by atoms with Crippen LogP contribution in [0.15, 0.2) is 12.1 Å². The van der Waals surface area contributed by atoms with Gasteiger partial charge < -0.3 is 4.98 Å². The zero-order chi connectivity index (χ0) is 5.98. The fourth-order valence-corrected chi connectivity index (χ4v) is 0.625. The van der Waals surface area contributed by atoms with Crippen molar-refractivity contribution in [1.82, 2.24) is 4.98 Å². The second kappa shape index (κ2) is 2.01. The van der Waals surface area contributed by atoms with Gasteiger partial charge in [0, 0.05) is 0 Å². The van der Waals surface area contributed by atoms with E-state index in [1.54, 1.807) is 12.1 Å². The van der Waals surface area contributed by atoms with Gasteiger partial charge in [-0.15, -0.1) is 0 Å². The molecule has 0 saturated heterocycles. The maximum Gasteiger partial charge on any atom is 0.166 e. The van der Waals surface area contributed by atoms with Crippen LogP contribution in [0.4, 0.5) is 0 Å². The predicted octanol–water partition coefficient (Wildman–Crippen LogP) is 1.48. The minimum atomic E-state index is 0.493. The lowest BCUT2D eigenvalue weighted by molar-refractivity contribution is 0.111. The average molecular weight is 130 g/mol. The Kier molecular flexibility index (Phi) is 1.35. The van der Waals surface area contributed by atoms with Gasteiger partial charge in [0.15, 0.2) is 6.29 Å². The molecule has 0 atom stereocenters. The normalized spacial score (nSPS) is 9.12. The summed E-state index contributed by atoms with van der Waals surface area (Å²) < 4.78 is 0. The van der Waals surface area contributed by atoms with Gasteiger partial charge in [-0.25, -0.2) is 0 Å². The minimum absolute atomic E-state index is 0.493. The molecule has 2 nitrogen and oxygen atoms in total. The van der Waals surface area contributed by atoms with Crippen LogP contribution in [0.25, 0.3) is 0 Å². The maximum atomic E-state index is 9.93. The number of aldehydes is 1. The molecule has 0 fully saturated rings. The molecule has 0 bridgehead atoms. The van der Waals surface area contributed by atoms with Gasteiger partial charge in [0.05, 0.1) is 5.69 Å². The highest BCUT2D eigenvalue weighted by atomic mass is 35.5. The quantitative estimate of drug-likeness (QED) is 0.573. The third kappa shape index (κ3) is 0.898. The molecule has 0 aromatic carbocycles. The van der Waals surface area contributed by atoms with Crippen LogP contribution in [0, 0.1) is 0 Å². The number of hydrogen-bond donors (Lipinski definition) is 1. The second-order valence-corrected chi connectivity index (χ2v) is 1.79. The Bertz CT molecular complexity index is 194. The lowest BCUT2D eigenvalue weighted by Gasteiger charge is -1.74. The SMILES string of the molecule is O=Cc1ccc(Cl)[nH]1. The van der Waals surface area contributed by atoms with Gasteiger partial charge in [0.1, 0.15) is 5.15 Å². The van der Waals surface area contributed by atoms with E-state index in [-0.39, 0.29) is 0 Å². The lowest BCUT2D eigenvalue weighted by Crippen LogP contribution is -1.73. The first-order valence-electron chi connectivity index (χ1n) is 2.12. The Morgan fingerprint density at radius 1 is 1.62 bits per heavy atom. The standard InChI is InChI=1S/C5H4ClNO/c6-5-2-1-4(3-8)7-5/h1-3,7H. The topological polar surface area (TPSA) is 32.9 Å². The lowest BCUT2D eigenvalue weighted by atomic mass is 10.5. The van der Waals surface area contributed by atoms with E-state index >= 15 is 0 Å². The molecule has 3 heteroatoms. The molecule has 0 spiro atoms. The third-order valence-corrected chi connectivity index (χ3v) is 1.02. The number of nitrogens with one attached hydrogen (secondary N) is 1. The van der Waals surface area contributed by atoms with Crippen LogP contribution in [-0.4, -0.2) is 11.3 Å². The van der Waals surface area contributed by atoms with E-state index in [1.165, 1.54) is 0 Å². The van der Waals surface area contributed by atoms with Gasteiger partial charge in [-0.2, -0.15) is 0 Å². The van der Waals surface area contributed by atoms with Gasteiger partial charge in [-0.05, 0) is 12.1 Å². The van der Waals surface area contributed by atoms with Crippen LogP contribution >= 0.6 is 11.6 Å². The summed E-state index contributed by atoms with van der Waals surface area (Å²) in [6.07, 6.45) is 0.714. The van der Waals surface area contributed by atoms with Gasteiger partial charge in [0.2, 0.25) is 0 Å². The molecule has 0 aliphatic rings. The van der Waals surface area contributed by atoms with Crippen molar-refractivity contribution in [2.45, 2.75) is 0 Å². The summed E-state index contributed by atoms with van der Waals surface area (Å²) in [6, 6.07) is 3.25. The monoisotopic (exact) mass is 129 g/mol. The van der Waals surface area contributed by atoms with E-state index in [1.807, 2.05) is 0 Å². The van der Waals surface area contributed by atoms with E-state index in [9.17, 15) is 4.79 Å². The molecule has 1 heterocycles. The Morgan fingerprint density at radius 2 is 2.38 bits per heavy atom. The highest BCUT2D eigenvalue weighted by molar-refractivity contribution is 6.29. The number of rotatable bonds is 1. The molecule has 0 amide bonds. The maximum absolute atomic E-state index is 9.93. The number of hydrogen-bond acceptors (Lipinski definition) is 1. The van der Waals surface area contributed by atoms with E-state index in [2.05, 4.69) is 4.98 Å². The summed E-state index contributed by atoms with van der Waals surface area (Å²) in [4.78, 5) is 12.6. The molecule has 0 saturated carbocycles. The molecule has 1 N–H and O–H groups in total. The summed E-state index contributed by atoms with van der Waals surface area (Å²) in [7, 11) is 0. The van der Waals surface area contributed by atoms with Crippen LogP contribution in [0.5, 0.6) is 0 Å². The number of aromatic nitrogens is 1. The second-order valence-electron chi connectivity index (χ2n) is 1.38. The molecular formula is C5H4ClNO. The molecule has 0 radical (unpaired) electrons. The van der Waals surface area contributed by atoms with Gasteiger partial charge >= 0.3 is 0 Å². The molecule has 0 aliphatic heterocycles. The van der Waals surface area contributed by atoms with Gasteiger partial charge in [0.25, 0.3) is 0 Å². The number of halogens is 1. The molecule has 1 aromatic rings. The van der Waals surface area contributed by atoms with Crippen molar-refractivity contribution in [2.75, 3.05) is 0 Å². The predicted molar refractivity (Wildman–Crippen MR) is 31.2 cm³/mol. The fourth-order valence-electron chi connectivity index (χ4n) is 0.453. The summed E-state index contributed by atoms with van der Waals surface area (Å²) >= 11 is 5.42. The smallest absolute Gasteiger partial charge is 0.166 e. The van der Waals surface area contributed by atoms with Crippen LogP contribution in [-0.2, 0) is 0 Å². The number of H-pyrrole nitrogens is 1. The highest BCUT2D eigenvalue weighted by Gasteiger charge is 1.89. The Labute approximate surface area is 51.5 Å². The molecule has 8 heavy (non-hydrogen) atoms. The van der Waals surface area contributed by atoms with Crippen molar-refractivity contribution in [3.05, 3.63) is 23.0 Å². The zero-order valence-corrected chi connectivity index (χ0v) is 4.77. The molecular weight excluding hydrogens is 126 g/mol. The summed E-state index contributed by atoms with van der Waals surface area (Å²) in [5.74, 6) is 0. The summed E-state index contributed by atoms with van der Waals surface area (Å²) in [5, 5.41) is 0.493. The van der Waals surface area contributed by atoms with Crippen molar-refractivity contribution in [3.63, 3.8) is 0 Å². The Hall–Kier alpha value is -0.760. The highest BCUT2D eigenvalue weighted by Crippen LogP contribution is 2.04. The number of carbonyl (C=O) groups excluding carboxylic acids is 1. The van der Waals surface area contributed by atoms with E-state index in [4.69, 9.17) is 11.6 Å². The largest absolute Gasteiger partial charge is 0.343 e. The first-order chi connectivity index (χ1) is 3.83. The van der Waals surface area contributed by atoms with E-state index in [0.29, 0.717) is 17.1 Å². The fraction of sp³-hybridized carbons (Fsp3) is 0. The van der Waals surface area contributed by atoms with Crippen LogP contribution < -0.4 is 0 Å². The van der Waals surface area contributed by atoms with Crippen molar-refractivity contribution in [3.8, 4) is 0 Å². The number of carbonyl (C=O) groups is 1. The molecule has 1 rings (SSSR count). The van der Waals surface area contributed by atoms with Crippen LogP contribution in [0.1, 0.15) is 10.5 Å². The Morgan fingerprint density at radius 3 is 2.62 bits per heavy atom. The van der Waals surface area contributed by atoms with Crippen molar-refractivity contribution >= 4 is 17.9 Å². The minimum Gasteiger partial charge on any atom is -0.343 e. The molecule has 0 aliphatic carbocycles. The van der Waals surface area contributed by atoms with Crippen molar-refractivity contribution < 1.29 is 4.79 Å². The average Bonchev–Trinajstić information content (AvgIpc) is 2.14. The van der Waals surface area contributed by atoms with Crippen molar-refractivity contribution in [2.24, 2.45) is 0 Å². The van der Waals surface area contributed by atoms with Crippen LogP contribution in [0.2, 0.25) is 5.15 Å². The first-order valence-corrected chi connectivity index (χ1v) is 2.50. The van der Waals surface area contributed by atoms with Gasteiger partial charge in [-0.3, -0.25) is 4.79 Å². The van der Waals surface area contributed by atoms with Gasteiger partial charge in [-0.1, -0.05) is 11.6 Å². The van der Waals surface area contributed by atoms with E-state index < -0.39 is 0 Å². The number of aromatic amines is 1. The summed E-state index contributed by atoms with van der Waals surface area (Å²) in [6.45, 7) is 0. The summed E-state index contributed by atoms with van der Waals surface area (Å²) in [5.41, 5.74) is 0.509. The zero-order valence-electron chi connectivity index (χ0n) is 4.02. The Balaban J connectivity index is 3.00. The molecule has 0 unspecified atom stereocenters. The van der Waals surface area contributed by atoms with E-state index in [0.717, 1.165) is 0 Å². The first kappa shape index (κ1) is 5.38. The van der Waals surface area contributed by atoms with Crippen LogP contribution in [0.3, 0.4) is 0 Å². The third-order valence-electron chi connectivity index (χ3n) is 0.800. The molecule has 42 valence electrons. The molecule has 1 aromatic heterocycles.